The van der Waals surface area contributed by atoms with Gasteiger partial charge in [0, 0.05) is 77.6 Å². The summed E-state index contributed by atoms with van der Waals surface area (Å²) in [5, 5.41) is 27.3. The van der Waals surface area contributed by atoms with Crippen LogP contribution in [0.1, 0.15) is 147 Å². The molecule has 29 nitrogen and oxygen atoms in total. The SMILES string of the molecule is CC[C@H](C)[C@@H]([C@@H](CC(=O)N1CCC[C@H]1[C@H](OC)[C@@H](C)C(=O)N[C@@H](Cc1ccccc1)c1nccs1)OC)N(C)C(=O)[C@@H](NC(=O)C(C)(C)CNC(=O)OCc1ccc(NC(=O)[C@H](CCCNC(N)=O)NC(=O)[C@@H](NC(=O)[C@@H](COCCNC(=O)OCC2c3ccccc3-c3ccccc32)NC(C)=O)C(C)C)cc1)C(C)C. The molecule has 0 bridgehead atoms. The molecule has 111 heavy (non-hydrogen) atoms. The molecular formula is C81H113N13O16S. The fourth-order valence-corrected chi connectivity index (χ4v) is 14.7. The minimum atomic E-state index is -1.26. The van der Waals surface area contributed by atoms with Crippen LogP contribution in [-0.4, -0.2) is 196 Å². The molecule has 1 aliphatic heterocycles. The summed E-state index contributed by atoms with van der Waals surface area (Å²) >= 11 is 1.47. The lowest BCUT2D eigenvalue weighted by atomic mass is 9.88. The molecule has 11 N–H and O–H groups in total. The predicted octanol–water partition coefficient (Wildman–Crippen LogP) is 7.63. The van der Waals surface area contributed by atoms with E-state index in [1.165, 1.54) is 25.4 Å². The second-order valence-electron chi connectivity index (χ2n) is 29.7. The zero-order chi connectivity index (χ0) is 81.1. The van der Waals surface area contributed by atoms with E-state index in [9.17, 15) is 52.7 Å². The number of nitrogens with one attached hydrogen (secondary N) is 9. The average molecular weight is 1560 g/mol. The standard InChI is InChI=1S/C81H113N13O16S/c1-14-50(6)69(65(106-12)43-66(96)94-39-23-31-64(94)70(107-13)51(7)71(97)90-62(75-83-38-41-111-75)42-53-24-16-15-17-25-53)93(11)76(101)68(49(4)5)92-77(102)81(9,10)47-86-80(105)109-44-54-32-34-55(35-33-54)88-72(98)61(30-22-36-84-78(82)103)89-74(100)67(48(2)3)91-73(99)63(87-52(8)95)46-108-40-37-85-79(104)110-45-60-58-28-20-18-26-56(58)57-27-19-21-29-59(57)60/h15-21,24-29,32-35,38,41,48-51,60-65,67-70H,14,22-23,30-31,36-37,39-40,42-47H2,1-13H3,(H,85,104)(H,86,105)(H,87,95)(H,88,98)(H,89,100)(H,90,97)(H,91,99)(H,92,102)(H3,82,84,103)/t50-,51+,61-,62-,63+,64-,65+,67-,68-,69-,70+/m0/s1. The van der Waals surface area contributed by atoms with Crippen molar-refractivity contribution < 1.29 is 76.4 Å². The number of nitrogens with two attached hydrogens (primary N) is 1. The maximum Gasteiger partial charge on any atom is 0.407 e. The van der Waals surface area contributed by atoms with Gasteiger partial charge in [0.15, 0.2) is 0 Å². The van der Waals surface area contributed by atoms with E-state index in [1.54, 1.807) is 82.1 Å². The molecular weight excluding hydrogens is 1440 g/mol. The number of primary amides is 1. The molecule has 2 aliphatic rings. The summed E-state index contributed by atoms with van der Waals surface area (Å²) in [6.45, 7) is 17.1. The molecule has 11 atom stereocenters. The first-order valence-corrected chi connectivity index (χ1v) is 38.9. The van der Waals surface area contributed by atoms with Crippen LogP contribution in [0.3, 0.4) is 0 Å². The molecule has 12 amide bonds. The number of hydrogen-bond donors (Lipinski definition) is 10. The summed E-state index contributed by atoms with van der Waals surface area (Å²) in [4.78, 5) is 157. The molecule has 1 fully saturated rings. The van der Waals surface area contributed by atoms with Gasteiger partial charge < -0.3 is 87.1 Å². The number of hydrogen-bond acceptors (Lipinski definition) is 18. The molecule has 7 rings (SSSR count). The van der Waals surface area contributed by atoms with E-state index in [0.29, 0.717) is 43.5 Å². The van der Waals surface area contributed by atoms with Crippen molar-refractivity contribution in [1.29, 1.82) is 0 Å². The summed E-state index contributed by atoms with van der Waals surface area (Å²) in [6, 6.07) is 25.2. The number of alkyl carbamates (subject to hydrolysis) is 2. The van der Waals surface area contributed by atoms with Crippen LogP contribution in [0.5, 0.6) is 0 Å². The number of benzene rings is 4. The maximum atomic E-state index is 14.8. The van der Waals surface area contributed by atoms with Gasteiger partial charge in [-0.1, -0.05) is 146 Å². The van der Waals surface area contributed by atoms with E-state index in [-0.39, 0.29) is 95.0 Å². The average Bonchev–Trinajstić information content (AvgIpc) is 1.62. The van der Waals surface area contributed by atoms with Gasteiger partial charge in [0.25, 0.3) is 0 Å². The Morgan fingerprint density at radius 2 is 1.34 bits per heavy atom. The number of likely N-dealkylation sites (tertiary alicyclic amines) is 1. The van der Waals surface area contributed by atoms with Gasteiger partial charge in [0.1, 0.15) is 42.4 Å². The van der Waals surface area contributed by atoms with Gasteiger partial charge in [-0.05, 0) is 109 Å². The third kappa shape index (κ3) is 25.5. The van der Waals surface area contributed by atoms with Gasteiger partial charge in [-0.25, -0.2) is 19.4 Å². The maximum absolute atomic E-state index is 14.8. The molecule has 1 aromatic heterocycles. The molecule has 2 heterocycles. The van der Waals surface area contributed by atoms with Crippen molar-refractivity contribution in [2.45, 2.75) is 181 Å². The summed E-state index contributed by atoms with van der Waals surface area (Å²) in [5.41, 5.74) is 10.2. The molecule has 4 aromatic carbocycles. The van der Waals surface area contributed by atoms with Gasteiger partial charge >= 0.3 is 18.2 Å². The highest BCUT2D eigenvalue weighted by Gasteiger charge is 2.44. The van der Waals surface area contributed by atoms with E-state index in [1.807, 2.05) is 119 Å². The number of rotatable bonds is 42. The quantitative estimate of drug-likeness (QED) is 0.0168. The fraction of sp³-hybridized carbons (Fsp3) is 0.531. The largest absolute Gasteiger partial charge is 0.449 e. The lowest BCUT2D eigenvalue weighted by molar-refractivity contribution is -0.148. The van der Waals surface area contributed by atoms with Crippen molar-refractivity contribution in [2.75, 3.05) is 72.6 Å². The van der Waals surface area contributed by atoms with Gasteiger partial charge in [-0.2, -0.15) is 0 Å². The van der Waals surface area contributed by atoms with Crippen LogP contribution < -0.4 is 53.6 Å². The minimum Gasteiger partial charge on any atom is -0.449 e. The molecule has 0 unspecified atom stereocenters. The van der Waals surface area contributed by atoms with Crippen molar-refractivity contribution in [3.8, 4) is 11.1 Å². The van der Waals surface area contributed by atoms with Gasteiger partial charge in [-0.3, -0.25) is 38.4 Å². The number of methoxy groups -OCH3 is 2. The Hall–Kier alpha value is -10.0. The number of carbonyl (C=O) groups excluding carboxylic acids is 11. The number of nitrogens with zero attached hydrogens (tertiary/aromatic N) is 3. The fourth-order valence-electron chi connectivity index (χ4n) is 14.0. The first kappa shape index (κ1) is 88.2. The zero-order valence-electron chi connectivity index (χ0n) is 66.0. The lowest BCUT2D eigenvalue weighted by Crippen LogP contribution is -2.59. The number of thiazole rings is 1. The van der Waals surface area contributed by atoms with Gasteiger partial charge in [0.05, 0.1) is 61.3 Å². The van der Waals surface area contributed by atoms with Crippen LogP contribution in [-0.2, 0) is 75.1 Å². The summed E-state index contributed by atoms with van der Waals surface area (Å²) < 4.78 is 29.0. The third-order valence-corrected chi connectivity index (χ3v) is 21.3. The Morgan fingerprint density at radius 3 is 1.95 bits per heavy atom. The molecule has 0 spiro atoms. The number of aromatic nitrogens is 1. The first-order valence-electron chi connectivity index (χ1n) is 38.0. The monoisotopic (exact) mass is 1560 g/mol. The van der Waals surface area contributed by atoms with Crippen molar-refractivity contribution in [3.05, 3.63) is 142 Å². The zero-order valence-corrected chi connectivity index (χ0v) is 66.8. The summed E-state index contributed by atoms with van der Waals surface area (Å²) in [7, 11) is 4.72. The van der Waals surface area contributed by atoms with Crippen molar-refractivity contribution in [2.24, 2.45) is 34.8 Å². The number of urea groups is 1. The number of likely N-dealkylation sites (N-methyl/N-ethyl adjacent to an activating group) is 1. The van der Waals surface area contributed by atoms with E-state index in [0.717, 1.165) is 32.8 Å². The Balaban J connectivity index is 0.875. The van der Waals surface area contributed by atoms with Crippen LogP contribution in [0.15, 0.2) is 115 Å². The highest BCUT2D eigenvalue weighted by Crippen LogP contribution is 2.44. The van der Waals surface area contributed by atoms with Gasteiger partial charge in [-0.15, -0.1) is 11.3 Å². The number of fused-ring (bicyclic) bond motifs is 3. The van der Waals surface area contributed by atoms with E-state index in [2.05, 4.69) is 52.8 Å². The second-order valence-corrected chi connectivity index (χ2v) is 30.6. The molecule has 1 aliphatic carbocycles. The number of carbonyl (C=O) groups is 11. The normalized spacial score (nSPS) is 16.0. The first-order chi connectivity index (χ1) is 53.0. The van der Waals surface area contributed by atoms with Crippen molar-refractivity contribution >= 4 is 82.5 Å². The number of ether oxygens (including phenoxy) is 5. The topological polar surface area (TPSA) is 388 Å². The predicted molar refractivity (Wildman–Crippen MR) is 420 cm³/mol. The third-order valence-electron chi connectivity index (χ3n) is 20.4. The molecule has 0 saturated carbocycles. The lowest BCUT2D eigenvalue weighted by Gasteiger charge is -2.41. The number of amides is 12. The molecule has 1 saturated heterocycles. The van der Waals surface area contributed by atoms with E-state index in [4.69, 9.17) is 29.4 Å². The van der Waals surface area contributed by atoms with Crippen molar-refractivity contribution in [3.63, 3.8) is 0 Å². The molecule has 604 valence electrons. The molecule has 5 aromatic rings. The highest BCUT2D eigenvalue weighted by molar-refractivity contribution is 7.09. The molecule has 0 radical (unpaired) electrons. The van der Waals surface area contributed by atoms with Crippen LogP contribution in [0.2, 0.25) is 0 Å². The van der Waals surface area contributed by atoms with Crippen LogP contribution in [0.4, 0.5) is 20.1 Å². The van der Waals surface area contributed by atoms with Crippen LogP contribution in [0, 0.1) is 29.1 Å². The Kier molecular flexibility index (Phi) is 34.1. The summed E-state index contributed by atoms with van der Waals surface area (Å²) in [5.74, 6) is -5.89. The summed E-state index contributed by atoms with van der Waals surface area (Å²) in [6.07, 6.45) is 1.45. The Labute approximate surface area is 654 Å². The van der Waals surface area contributed by atoms with Gasteiger partial charge in [0.2, 0.25) is 47.3 Å². The highest BCUT2D eigenvalue weighted by atomic mass is 32.1. The minimum absolute atomic E-state index is 0.0139. The molecule has 30 heteroatoms. The van der Waals surface area contributed by atoms with Crippen LogP contribution in [0.25, 0.3) is 11.1 Å². The van der Waals surface area contributed by atoms with Crippen molar-refractivity contribution in [1.82, 2.24) is 57.3 Å². The van der Waals surface area contributed by atoms with Crippen LogP contribution >= 0.6 is 11.3 Å². The van der Waals surface area contributed by atoms with E-state index >= 15 is 0 Å². The Morgan fingerprint density at radius 1 is 0.694 bits per heavy atom. The van der Waals surface area contributed by atoms with E-state index < -0.39 is 125 Å². The Bertz CT molecular complexity index is 3880. The smallest absolute Gasteiger partial charge is 0.407 e. The number of anilines is 1. The second kappa shape index (κ2) is 43.0.